The predicted molar refractivity (Wildman–Crippen MR) is 55.7 cm³/mol. The normalized spacial score (nSPS) is 41.7. The summed E-state index contributed by atoms with van der Waals surface area (Å²) in [4.78, 5) is 0. The molecule has 0 amide bonds. The zero-order chi connectivity index (χ0) is 11.8. The van der Waals surface area contributed by atoms with Gasteiger partial charge in [0.2, 0.25) is 0 Å². The van der Waals surface area contributed by atoms with Gasteiger partial charge < -0.3 is 24.1 Å². The van der Waals surface area contributed by atoms with Crippen LogP contribution in [0.5, 0.6) is 0 Å². The average Bonchev–Trinajstić information content (AvgIpc) is 2.54. The topological polar surface area (TPSA) is 57.2 Å². The van der Waals surface area contributed by atoms with E-state index in [1.54, 1.807) is 6.08 Å². The van der Waals surface area contributed by atoms with Crippen LogP contribution in [-0.2, 0) is 18.9 Å². The fourth-order valence-corrected chi connectivity index (χ4v) is 2.01. The van der Waals surface area contributed by atoms with Crippen LogP contribution in [-0.4, -0.2) is 48.7 Å². The number of hydrogen-bond acceptors (Lipinski definition) is 5. The number of aliphatic hydroxyl groups is 1. The summed E-state index contributed by atoms with van der Waals surface area (Å²) >= 11 is 0. The molecule has 4 atom stereocenters. The molecule has 2 rings (SSSR count). The summed E-state index contributed by atoms with van der Waals surface area (Å²) in [6, 6.07) is 0. The molecule has 4 unspecified atom stereocenters. The van der Waals surface area contributed by atoms with Crippen molar-refractivity contribution in [2.75, 3.05) is 13.2 Å². The van der Waals surface area contributed by atoms with Gasteiger partial charge in [0, 0.05) is 0 Å². The van der Waals surface area contributed by atoms with Crippen LogP contribution in [0.25, 0.3) is 0 Å². The fraction of sp³-hybridized carbons (Fsp3) is 0.818. The summed E-state index contributed by atoms with van der Waals surface area (Å²) in [7, 11) is 0. The van der Waals surface area contributed by atoms with Crippen molar-refractivity contribution in [2.45, 2.75) is 44.2 Å². The van der Waals surface area contributed by atoms with Crippen molar-refractivity contribution in [3.63, 3.8) is 0 Å². The Labute approximate surface area is 94.9 Å². The maximum Gasteiger partial charge on any atom is 0.186 e. The largest absolute Gasteiger partial charge is 0.388 e. The number of fused-ring (bicyclic) bond motifs is 1. The number of rotatable bonds is 3. The Hall–Kier alpha value is -0.460. The SMILES string of the molecule is C=CCOC1OCC(O)C2OC(C)(C)OC12. The van der Waals surface area contributed by atoms with Gasteiger partial charge >= 0.3 is 0 Å². The summed E-state index contributed by atoms with van der Waals surface area (Å²) in [5.74, 6) is -0.709. The Balaban J connectivity index is 2.05. The second-order valence-corrected chi connectivity index (χ2v) is 4.46. The van der Waals surface area contributed by atoms with Gasteiger partial charge in [-0.2, -0.15) is 0 Å². The maximum atomic E-state index is 9.75. The van der Waals surface area contributed by atoms with Crippen molar-refractivity contribution >= 4 is 0 Å². The second-order valence-electron chi connectivity index (χ2n) is 4.46. The first-order valence-electron chi connectivity index (χ1n) is 5.41. The maximum absolute atomic E-state index is 9.75. The lowest BCUT2D eigenvalue weighted by Gasteiger charge is -2.33. The molecule has 2 aliphatic rings. The Morgan fingerprint density at radius 3 is 2.81 bits per heavy atom. The third-order valence-corrected chi connectivity index (χ3v) is 2.62. The van der Waals surface area contributed by atoms with E-state index in [-0.39, 0.29) is 6.61 Å². The van der Waals surface area contributed by atoms with E-state index in [9.17, 15) is 5.11 Å². The van der Waals surface area contributed by atoms with Gasteiger partial charge in [0.05, 0.1) is 13.2 Å². The van der Waals surface area contributed by atoms with E-state index in [0.29, 0.717) is 6.61 Å². The molecular formula is C11H18O5. The molecule has 0 aromatic rings. The van der Waals surface area contributed by atoms with E-state index >= 15 is 0 Å². The van der Waals surface area contributed by atoms with E-state index in [1.165, 1.54) is 0 Å². The number of aliphatic hydroxyl groups excluding tert-OH is 1. The summed E-state index contributed by atoms with van der Waals surface area (Å²) in [5.41, 5.74) is 0. The van der Waals surface area contributed by atoms with E-state index in [2.05, 4.69) is 6.58 Å². The zero-order valence-corrected chi connectivity index (χ0v) is 9.59. The highest BCUT2D eigenvalue weighted by Gasteiger charge is 2.52. The third kappa shape index (κ3) is 2.28. The van der Waals surface area contributed by atoms with Gasteiger partial charge in [0.25, 0.3) is 0 Å². The molecule has 0 radical (unpaired) electrons. The number of ether oxygens (including phenoxy) is 4. The molecule has 92 valence electrons. The molecule has 5 heteroatoms. The van der Waals surface area contributed by atoms with Crippen LogP contribution in [0.3, 0.4) is 0 Å². The van der Waals surface area contributed by atoms with E-state index in [0.717, 1.165) is 0 Å². The fourth-order valence-electron chi connectivity index (χ4n) is 2.01. The molecule has 5 nitrogen and oxygen atoms in total. The standard InChI is InChI=1S/C11H18O5/c1-4-5-13-10-9-8(7(12)6-14-10)15-11(2,3)16-9/h4,7-10,12H,1,5-6H2,2-3H3. The summed E-state index contributed by atoms with van der Waals surface area (Å²) < 4.78 is 22.1. The molecule has 2 saturated heterocycles. The Kier molecular flexibility index (Phi) is 3.32. The minimum absolute atomic E-state index is 0.197. The van der Waals surface area contributed by atoms with Crippen LogP contribution < -0.4 is 0 Å². The van der Waals surface area contributed by atoms with Crippen molar-refractivity contribution in [1.82, 2.24) is 0 Å². The minimum atomic E-state index is -0.709. The van der Waals surface area contributed by atoms with Gasteiger partial charge in [-0.05, 0) is 13.8 Å². The van der Waals surface area contributed by atoms with Crippen LogP contribution >= 0.6 is 0 Å². The van der Waals surface area contributed by atoms with Crippen molar-refractivity contribution < 1.29 is 24.1 Å². The molecule has 2 fully saturated rings. The van der Waals surface area contributed by atoms with E-state index < -0.39 is 30.4 Å². The monoisotopic (exact) mass is 230 g/mol. The van der Waals surface area contributed by atoms with Gasteiger partial charge in [0.15, 0.2) is 12.1 Å². The molecule has 16 heavy (non-hydrogen) atoms. The highest BCUT2D eigenvalue weighted by molar-refractivity contribution is 4.92. The molecule has 1 N–H and O–H groups in total. The molecule has 2 aliphatic heterocycles. The summed E-state index contributed by atoms with van der Waals surface area (Å²) in [6.45, 7) is 7.77. The van der Waals surface area contributed by atoms with Crippen molar-refractivity contribution in [3.8, 4) is 0 Å². The van der Waals surface area contributed by atoms with Crippen molar-refractivity contribution in [3.05, 3.63) is 12.7 Å². The molecule has 0 bridgehead atoms. The highest BCUT2D eigenvalue weighted by atomic mass is 16.8. The molecule has 0 aromatic carbocycles. The van der Waals surface area contributed by atoms with Crippen LogP contribution in [0, 0.1) is 0 Å². The van der Waals surface area contributed by atoms with Crippen LogP contribution in [0.2, 0.25) is 0 Å². The van der Waals surface area contributed by atoms with Gasteiger partial charge in [-0.1, -0.05) is 6.08 Å². The predicted octanol–water partition coefficient (Wildman–Crippen LogP) is 0.426. The van der Waals surface area contributed by atoms with Crippen LogP contribution in [0.15, 0.2) is 12.7 Å². The first-order chi connectivity index (χ1) is 7.53. The van der Waals surface area contributed by atoms with E-state index in [1.807, 2.05) is 13.8 Å². The highest BCUT2D eigenvalue weighted by Crippen LogP contribution is 2.35. The van der Waals surface area contributed by atoms with E-state index in [4.69, 9.17) is 18.9 Å². The average molecular weight is 230 g/mol. The van der Waals surface area contributed by atoms with Crippen molar-refractivity contribution in [2.24, 2.45) is 0 Å². The van der Waals surface area contributed by atoms with Crippen LogP contribution in [0.1, 0.15) is 13.8 Å². The molecule has 0 saturated carbocycles. The summed E-state index contributed by atoms with van der Waals surface area (Å²) in [6.07, 6.45) is -0.314. The summed E-state index contributed by atoms with van der Waals surface area (Å²) in [5, 5.41) is 9.75. The Bertz CT molecular complexity index is 265. The van der Waals surface area contributed by atoms with Gasteiger partial charge in [-0.15, -0.1) is 6.58 Å². The first kappa shape index (κ1) is 12.0. The molecule has 0 spiro atoms. The lowest BCUT2D eigenvalue weighted by molar-refractivity contribution is -0.243. The lowest BCUT2D eigenvalue weighted by Crippen LogP contribution is -2.52. The molecule has 0 aliphatic carbocycles. The van der Waals surface area contributed by atoms with Gasteiger partial charge in [-0.25, -0.2) is 0 Å². The smallest absolute Gasteiger partial charge is 0.186 e. The quantitative estimate of drug-likeness (QED) is 0.712. The van der Waals surface area contributed by atoms with Gasteiger partial charge in [-0.3, -0.25) is 0 Å². The van der Waals surface area contributed by atoms with Crippen molar-refractivity contribution in [1.29, 1.82) is 0 Å². The van der Waals surface area contributed by atoms with Crippen LogP contribution in [0.4, 0.5) is 0 Å². The molecule has 2 heterocycles. The third-order valence-electron chi connectivity index (χ3n) is 2.62. The zero-order valence-electron chi connectivity index (χ0n) is 9.59. The number of hydrogen-bond donors (Lipinski definition) is 1. The van der Waals surface area contributed by atoms with Gasteiger partial charge in [0.1, 0.15) is 18.3 Å². The lowest BCUT2D eigenvalue weighted by atomic mass is 10.1. The Morgan fingerprint density at radius 1 is 1.44 bits per heavy atom. The molecular weight excluding hydrogens is 212 g/mol. The second kappa shape index (κ2) is 4.43. The first-order valence-corrected chi connectivity index (χ1v) is 5.41. The Morgan fingerprint density at radius 2 is 2.12 bits per heavy atom. The minimum Gasteiger partial charge on any atom is -0.388 e. The molecule has 0 aromatic heterocycles.